The average Bonchev–Trinajstić information content (AvgIpc) is 2.92. The Hall–Kier alpha value is -2.80. The highest BCUT2D eigenvalue weighted by atomic mass is 32.1. The standard InChI is InChI=1S/C16H11FN4OS/c1-9-2-5-11(6-3-9)18-15-20-21-14(22)12-7-4-10(17)8-13(12)19-16(21)23-15/h2-8H,1H3,(H,18,20). The Kier molecular flexibility index (Phi) is 3.09. The summed E-state index contributed by atoms with van der Waals surface area (Å²) in [7, 11) is 0. The van der Waals surface area contributed by atoms with Crippen molar-refractivity contribution in [1.29, 1.82) is 0 Å². The predicted molar refractivity (Wildman–Crippen MR) is 89.1 cm³/mol. The van der Waals surface area contributed by atoms with Crippen molar-refractivity contribution in [3.63, 3.8) is 0 Å². The third kappa shape index (κ3) is 2.44. The van der Waals surface area contributed by atoms with Crippen LogP contribution in [0.1, 0.15) is 5.56 Å². The molecule has 23 heavy (non-hydrogen) atoms. The molecule has 0 saturated carbocycles. The molecule has 0 radical (unpaired) electrons. The van der Waals surface area contributed by atoms with Gasteiger partial charge in [0.05, 0.1) is 10.9 Å². The second-order valence-electron chi connectivity index (χ2n) is 5.17. The van der Waals surface area contributed by atoms with E-state index in [2.05, 4.69) is 15.4 Å². The Bertz CT molecular complexity index is 1090. The van der Waals surface area contributed by atoms with Crippen LogP contribution in [0.3, 0.4) is 0 Å². The number of fused-ring (bicyclic) bond motifs is 2. The van der Waals surface area contributed by atoms with Crippen molar-refractivity contribution in [1.82, 2.24) is 14.6 Å². The summed E-state index contributed by atoms with van der Waals surface area (Å²) in [6, 6.07) is 11.8. The summed E-state index contributed by atoms with van der Waals surface area (Å²) in [6.07, 6.45) is 0. The molecule has 1 N–H and O–H groups in total. The Morgan fingerprint density at radius 2 is 1.96 bits per heavy atom. The molecule has 0 aliphatic carbocycles. The molecular weight excluding hydrogens is 315 g/mol. The quantitative estimate of drug-likeness (QED) is 0.612. The van der Waals surface area contributed by atoms with Crippen LogP contribution in [-0.2, 0) is 0 Å². The maximum Gasteiger partial charge on any atom is 0.283 e. The van der Waals surface area contributed by atoms with Gasteiger partial charge in [-0.05, 0) is 31.2 Å². The lowest BCUT2D eigenvalue weighted by Crippen LogP contribution is -2.15. The fourth-order valence-electron chi connectivity index (χ4n) is 2.29. The molecule has 0 saturated heterocycles. The number of hydrogen-bond acceptors (Lipinski definition) is 5. The molecule has 0 bridgehead atoms. The SMILES string of the molecule is Cc1ccc(Nc2nn3c(=O)c4ccc(F)cc4nc3s2)cc1. The van der Waals surface area contributed by atoms with Gasteiger partial charge in [-0.2, -0.15) is 4.52 Å². The molecule has 0 amide bonds. The number of hydrogen-bond donors (Lipinski definition) is 1. The zero-order valence-electron chi connectivity index (χ0n) is 12.1. The summed E-state index contributed by atoms with van der Waals surface area (Å²) in [5.74, 6) is -0.420. The van der Waals surface area contributed by atoms with E-state index in [1.165, 1.54) is 34.1 Å². The Morgan fingerprint density at radius 3 is 2.74 bits per heavy atom. The van der Waals surface area contributed by atoms with Gasteiger partial charge in [-0.1, -0.05) is 29.0 Å². The zero-order chi connectivity index (χ0) is 16.0. The molecule has 2 aromatic carbocycles. The molecule has 7 heteroatoms. The summed E-state index contributed by atoms with van der Waals surface area (Å²) in [5, 5.41) is 8.30. The van der Waals surface area contributed by atoms with E-state index in [1.54, 1.807) is 0 Å². The number of nitrogens with one attached hydrogen (secondary N) is 1. The fourth-order valence-corrected chi connectivity index (χ4v) is 3.11. The van der Waals surface area contributed by atoms with Gasteiger partial charge in [-0.15, -0.1) is 5.10 Å². The van der Waals surface area contributed by atoms with E-state index < -0.39 is 5.82 Å². The van der Waals surface area contributed by atoms with Crippen LogP contribution in [0.4, 0.5) is 15.2 Å². The predicted octanol–water partition coefficient (Wildman–Crippen LogP) is 3.50. The normalized spacial score (nSPS) is 11.2. The van der Waals surface area contributed by atoms with Gasteiger partial charge in [-0.3, -0.25) is 4.79 Å². The van der Waals surface area contributed by atoms with E-state index in [1.807, 2.05) is 31.2 Å². The maximum atomic E-state index is 13.3. The number of halogens is 1. The number of anilines is 2. The summed E-state index contributed by atoms with van der Waals surface area (Å²) in [6.45, 7) is 2.01. The van der Waals surface area contributed by atoms with E-state index in [4.69, 9.17) is 0 Å². The van der Waals surface area contributed by atoms with Crippen molar-refractivity contribution in [3.05, 3.63) is 64.2 Å². The lowest BCUT2D eigenvalue weighted by Gasteiger charge is -2.01. The van der Waals surface area contributed by atoms with Gasteiger partial charge in [0.2, 0.25) is 10.1 Å². The molecule has 0 aliphatic rings. The molecule has 114 valence electrons. The van der Waals surface area contributed by atoms with Crippen LogP contribution in [-0.4, -0.2) is 14.6 Å². The molecule has 0 aliphatic heterocycles. The van der Waals surface area contributed by atoms with Crippen molar-refractivity contribution < 1.29 is 4.39 Å². The minimum Gasteiger partial charge on any atom is -0.330 e. The highest BCUT2D eigenvalue weighted by Gasteiger charge is 2.11. The van der Waals surface area contributed by atoms with E-state index in [9.17, 15) is 9.18 Å². The first-order chi connectivity index (χ1) is 11.1. The highest BCUT2D eigenvalue weighted by Crippen LogP contribution is 2.23. The van der Waals surface area contributed by atoms with Crippen molar-refractivity contribution in [2.24, 2.45) is 0 Å². The lowest BCUT2D eigenvalue weighted by atomic mass is 10.2. The molecule has 5 nitrogen and oxygen atoms in total. The molecule has 4 aromatic rings. The molecule has 0 spiro atoms. The van der Waals surface area contributed by atoms with E-state index in [0.29, 0.717) is 21.0 Å². The van der Waals surface area contributed by atoms with Crippen LogP contribution in [0, 0.1) is 12.7 Å². The van der Waals surface area contributed by atoms with E-state index >= 15 is 0 Å². The summed E-state index contributed by atoms with van der Waals surface area (Å²) < 4.78 is 14.6. The highest BCUT2D eigenvalue weighted by molar-refractivity contribution is 7.20. The van der Waals surface area contributed by atoms with Crippen LogP contribution in [0.5, 0.6) is 0 Å². The van der Waals surface area contributed by atoms with Gasteiger partial charge in [0.1, 0.15) is 5.82 Å². The topological polar surface area (TPSA) is 59.3 Å². The molecule has 2 aromatic heterocycles. The summed E-state index contributed by atoms with van der Waals surface area (Å²) >= 11 is 1.24. The fraction of sp³-hybridized carbons (Fsp3) is 0.0625. The summed E-state index contributed by atoms with van der Waals surface area (Å²) in [4.78, 5) is 17.2. The molecule has 0 atom stereocenters. The van der Waals surface area contributed by atoms with Crippen LogP contribution in [0.15, 0.2) is 47.3 Å². The summed E-state index contributed by atoms with van der Waals surface area (Å²) in [5.41, 5.74) is 2.06. The Morgan fingerprint density at radius 1 is 1.17 bits per heavy atom. The molecule has 0 fully saturated rings. The van der Waals surface area contributed by atoms with Gasteiger partial charge in [-0.25, -0.2) is 9.37 Å². The van der Waals surface area contributed by atoms with Crippen molar-refractivity contribution in [3.8, 4) is 0 Å². The van der Waals surface area contributed by atoms with Crippen LogP contribution >= 0.6 is 11.3 Å². The van der Waals surface area contributed by atoms with E-state index in [0.717, 1.165) is 11.3 Å². The molecule has 2 heterocycles. The molecular formula is C16H11FN4OS. The van der Waals surface area contributed by atoms with Gasteiger partial charge < -0.3 is 5.32 Å². The third-order valence-corrected chi connectivity index (χ3v) is 4.29. The van der Waals surface area contributed by atoms with Gasteiger partial charge in [0.25, 0.3) is 5.56 Å². The number of benzene rings is 2. The largest absolute Gasteiger partial charge is 0.330 e. The molecule has 0 unspecified atom stereocenters. The van der Waals surface area contributed by atoms with Gasteiger partial charge in [0, 0.05) is 11.8 Å². The maximum absolute atomic E-state index is 13.3. The monoisotopic (exact) mass is 326 g/mol. The minimum atomic E-state index is -0.420. The van der Waals surface area contributed by atoms with Crippen LogP contribution < -0.4 is 10.9 Å². The van der Waals surface area contributed by atoms with Gasteiger partial charge in [0.15, 0.2) is 0 Å². The first kappa shape index (κ1) is 13.8. The lowest BCUT2D eigenvalue weighted by molar-refractivity contribution is 0.629. The van der Waals surface area contributed by atoms with Crippen LogP contribution in [0.25, 0.3) is 15.9 Å². The average molecular weight is 326 g/mol. The van der Waals surface area contributed by atoms with Crippen molar-refractivity contribution >= 4 is 38.0 Å². The first-order valence-corrected chi connectivity index (χ1v) is 7.75. The van der Waals surface area contributed by atoms with Gasteiger partial charge >= 0.3 is 0 Å². The number of nitrogens with zero attached hydrogens (tertiary/aromatic N) is 3. The second kappa shape index (κ2) is 5.13. The zero-order valence-corrected chi connectivity index (χ0v) is 12.9. The number of aromatic nitrogens is 3. The first-order valence-electron chi connectivity index (χ1n) is 6.93. The smallest absolute Gasteiger partial charge is 0.283 e. The third-order valence-electron chi connectivity index (χ3n) is 3.46. The Balaban J connectivity index is 1.84. The Labute approximate surface area is 134 Å². The van der Waals surface area contributed by atoms with E-state index in [-0.39, 0.29) is 5.56 Å². The number of aryl methyl sites for hydroxylation is 1. The van der Waals surface area contributed by atoms with Crippen LogP contribution in [0.2, 0.25) is 0 Å². The van der Waals surface area contributed by atoms with Crippen molar-refractivity contribution in [2.75, 3.05) is 5.32 Å². The number of rotatable bonds is 2. The minimum absolute atomic E-state index is 0.307. The molecule has 4 rings (SSSR count). The van der Waals surface area contributed by atoms with Crippen molar-refractivity contribution in [2.45, 2.75) is 6.92 Å². The second-order valence-corrected chi connectivity index (χ2v) is 6.13.